The van der Waals surface area contributed by atoms with Gasteiger partial charge in [-0.05, 0) is 23.6 Å². The Morgan fingerprint density at radius 2 is 2.00 bits per heavy atom. The van der Waals surface area contributed by atoms with Crippen LogP contribution in [0.4, 0.5) is 0 Å². The molecule has 0 bridgehead atoms. The second-order valence-corrected chi connectivity index (χ2v) is 5.39. The predicted molar refractivity (Wildman–Crippen MR) is 77.1 cm³/mol. The summed E-state index contributed by atoms with van der Waals surface area (Å²) in [7, 11) is 0. The number of hydrogen-bond acceptors (Lipinski definition) is 3. The maximum absolute atomic E-state index is 6.24. The minimum Gasteiger partial charge on any atom is -0.320 e. The van der Waals surface area contributed by atoms with Crippen LogP contribution < -0.4 is 5.73 Å². The molecule has 2 aromatic heterocycles. The molecule has 2 heterocycles. The highest BCUT2D eigenvalue weighted by atomic mass is 35.5. The van der Waals surface area contributed by atoms with Crippen molar-refractivity contribution in [3.05, 3.63) is 63.4 Å². The highest BCUT2D eigenvalue weighted by molar-refractivity contribution is 7.10. The number of fused-ring (bicyclic) bond motifs is 1. The van der Waals surface area contributed by atoms with Crippen molar-refractivity contribution in [3.8, 4) is 0 Å². The highest BCUT2D eigenvalue weighted by Gasteiger charge is 2.15. The Hall–Kier alpha value is -1.42. The normalized spacial score (nSPS) is 12.8. The van der Waals surface area contributed by atoms with Gasteiger partial charge in [0.15, 0.2) is 0 Å². The zero-order valence-electron chi connectivity index (χ0n) is 9.51. The highest BCUT2D eigenvalue weighted by Crippen LogP contribution is 2.30. The van der Waals surface area contributed by atoms with Gasteiger partial charge in [0.2, 0.25) is 0 Å². The number of nitrogens with zero attached hydrogens (tertiary/aromatic N) is 1. The van der Waals surface area contributed by atoms with Gasteiger partial charge in [0.25, 0.3) is 0 Å². The minimum atomic E-state index is -0.213. The quantitative estimate of drug-likeness (QED) is 0.718. The molecule has 4 heteroatoms. The third-order valence-electron chi connectivity index (χ3n) is 2.89. The number of benzene rings is 1. The van der Waals surface area contributed by atoms with Gasteiger partial charge in [-0.3, -0.25) is 0 Å². The molecule has 0 radical (unpaired) electrons. The summed E-state index contributed by atoms with van der Waals surface area (Å²) < 4.78 is 0. The van der Waals surface area contributed by atoms with Crippen LogP contribution in [0.5, 0.6) is 0 Å². The molecule has 0 unspecified atom stereocenters. The topological polar surface area (TPSA) is 38.9 Å². The molecule has 90 valence electrons. The van der Waals surface area contributed by atoms with Gasteiger partial charge in [-0.2, -0.15) is 0 Å². The fraction of sp³-hybridized carbons (Fsp3) is 0.0714. The molecule has 0 fully saturated rings. The van der Waals surface area contributed by atoms with E-state index in [1.54, 1.807) is 11.3 Å². The summed E-state index contributed by atoms with van der Waals surface area (Å²) in [5.41, 5.74) is 8.00. The third-order valence-corrected chi connectivity index (χ3v) is 4.15. The fourth-order valence-corrected chi connectivity index (χ4v) is 2.96. The van der Waals surface area contributed by atoms with Crippen molar-refractivity contribution in [2.24, 2.45) is 5.73 Å². The van der Waals surface area contributed by atoms with E-state index in [9.17, 15) is 0 Å². The maximum Gasteiger partial charge on any atom is 0.134 e. The molecular weight excluding hydrogens is 264 g/mol. The van der Waals surface area contributed by atoms with Crippen LogP contribution in [0, 0.1) is 0 Å². The summed E-state index contributed by atoms with van der Waals surface area (Å²) >= 11 is 7.86. The van der Waals surface area contributed by atoms with Crippen LogP contribution in [0.3, 0.4) is 0 Å². The molecule has 0 aliphatic rings. The lowest BCUT2D eigenvalue weighted by molar-refractivity contribution is 0.889. The second kappa shape index (κ2) is 4.69. The molecule has 3 aromatic rings. The van der Waals surface area contributed by atoms with E-state index in [1.165, 1.54) is 0 Å². The average Bonchev–Trinajstić information content (AvgIpc) is 2.91. The van der Waals surface area contributed by atoms with E-state index >= 15 is 0 Å². The summed E-state index contributed by atoms with van der Waals surface area (Å²) in [4.78, 5) is 5.49. The molecule has 0 spiro atoms. The molecule has 18 heavy (non-hydrogen) atoms. The molecule has 1 aromatic carbocycles. The molecule has 3 rings (SSSR count). The van der Waals surface area contributed by atoms with Crippen LogP contribution in [0.1, 0.15) is 16.5 Å². The lowest BCUT2D eigenvalue weighted by Gasteiger charge is -2.12. The number of hydrogen-bond donors (Lipinski definition) is 1. The summed E-state index contributed by atoms with van der Waals surface area (Å²) in [5, 5.41) is 3.55. The molecule has 1 atom stereocenters. The van der Waals surface area contributed by atoms with Gasteiger partial charge in [-0.15, -0.1) is 11.3 Å². The van der Waals surface area contributed by atoms with Crippen molar-refractivity contribution in [3.63, 3.8) is 0 Å². The van der Waals surface area contributed by atoms with Crippen LogP contribution in [0.25, 0.3) is 10.9 Å². The number of rotatable bonds is 2. The molecule has 0 amide bonds. The van der Waals surface area contributed by atoms with Crippen molar-refractivity contribution < 1.29 is 0 Å². The van der Waals surface area contributed by atoms with E-state index in [0.29, 0.717) is 5.15 Å². The van der Waals surface area contributed by atoms with E-state index in [0.717, 1.165) is 21.3 Å². The monoisotopic (exact) mass is 274 g/mol. The first-order valence-corrected chi connectivity index (χ1v) is 6.85. The zero-order valence-corrected chi connectivity index (χ0v) is 11.1. The van der Waals surface area contributed by atoms with E-state index in [1.807, 2.05) is 47.8 Å². The van der Waals surface area contributed by atoms with Crippen molar-refractivity contribution in [1.82, 2.24) is 4.98 Å². The van der Waals surface area contributed by atoms with Crippen LogP contribution in [0.2, 0.25) is 5.15 Å². The van der Waals surface area contributed by atoms with Gasteiger partial charge in [0.1, 0.15) is 5.15 Å². The SMILES string of the molecule is N[C@H](c1cccs1)c1cc2ccccc2nc1Cl. The number of thiophene rings is 1. The van der Waals surface area contributed by atoms with Gasteiger partial charge in [0, 0.05) is 15.8 Å². The van der Waals surface area contributed by atoms with E-state index in [4.69, 9.17) is 17.3 Å². The van der Waals surface area contributed by atoms with E-state index in [-0.39, 0.29) is 6.04 Å². The molecule has 0 aliphatic carbocycles. The Morgan fingerprint density at radius 1 is 1.17 bits per heavy atom. The molecule has 0 aliphatic heterocycles. The van der Waals surface area contributed by atoms with Crippen LogP contribution in [-0.4, -0.2) is 4.98 Å². The Morgan fingerprint density at radius 3 is 2.78 bits per heavy atom. The lowest BCUT2D eigenvalue weighted by Crippen LogP contribution is -2.11. The number of nitrogens with two attached hydrogens (primary N) is 1. The summed E-state index contributed by atoms with van der Waals surface area (Å²) in [6.07, 6.45) is 0. The maximum atomic E-state index is 6.24. The van der Waals surface area contributed by atoms with Crippen molar-refractivity contribution in [2.75, 3.05) is 0 Å². The lowest BCUT2D eigenvalue weighted by atomic mass is 10.1. The molecule has 2 N–H and O–H groups in total. The first kappa shape index (κ1) is 11.7. The fourth-order valence-electron chi connectivity index (χ4n) is 1.95. The number of pyridine rings is 1. The molecule has 0 saturated carbocycles. The third kappa shape index (κ3) is 2.01. The summed E-state index contributed by atoms with van der Waals surface area (Å²) in [6.45, 7) is 0. The first-order chi connectivity index (χ1) is 8.75. The number of para-hydroxylation sites is 1. The van der Waals surface area contributed by atoms with E-state index in [2.05, 4.69) is 4.98 Å². The summed E-state index contributed by atoms with van der Waals surface area (Å²) in [5.74, 6) is 0. The van der Waals surface area contributed by atoms with Gasteiger partial charge < -0.3 is 5.73 Å². The van der Waals surface area contributed by atoms with Crippen LogP contribution >= 0.6 is 22.9 Å². The van der Waals surface area contributed by atoms with Crippen molar-refractivity contribution in [2.45, 2.75) is 6.04 Å². The Balaban J connectivity index is 2.14. The molecule has 0 saturated heterocycles. The average molecular weight is 275 g/mol. The largest absolute Gasteiger partial charge is 0.320 e. The van der Waals surface area contributed by atoms with Crippen molar-refractivity contribution in [1.29, 1.82) is 0 Å². The second-order valence-electron chi connectivity index (χ2n) is 4.05. The first-order valence-electron chi connectivity index (χ1n) is 5.60. The van der Waals surface area contributed by atoms with Crippen LogP contribution in [0.15, 0.2) is 47.8 Å². The standard InChI is InChI=1S/C14H11ClN2S/c15-14-10(13(16)12-6-3-7-18-12)8-9-4-1-2-5-11(9)17-14/h1-8,13H,16H2/t13-/m0/s1. The smallest absolute Gasteiger partial charge is 0.134 e. The number of aromatic nitrogens is 1. The Bertz CT molecular complexity index is 679. The van der Waals surface area contributed by atoms with Gasteiger partial charge in [-0.1, -0.05) is 35.9 Å². The number of halogens is 1. The van der Waals surface area contributed by atoms with Gasteiger partial charge in [-0.25, -0.2) is 4.98 Å². The Kier molecular flexibility index (Phi) is 3.04. The molecule has 2 nitrogen and oxygen atoms in total. The van der Waals surface area contributed by atoms with Crippen LogP contribution in [-0.2, 0) is 0 Å². The zero-order chi connectivity index (χ0) is 12.5. The predicted octanol–water partition coefficient (Wildman–Crippen LogP) is 4.00. The minimum absolute atomic E-state index is 0.213. The van der Waals surface area contributed by atoms with Gasteiger partial charge >= 0.3 is 0 Å². The molecular formula is C14H11ClN2S. The Labute approximate surface area is 114 Å². The van der Waals surface area contributed by atoms with Gasteiger partial charge in [0.05, 0.1) is 11.6 Å². The summed E-state index contributed by atoms with van der Waals surface area (Å²) in [6, 6.07) is 13.7. The van der Waals surface area contributed by atoms with E-state index < -0.39 is 0 Å². The van der Waals surface area contributed by atoms with Crippen molar-refractivity contribution >= 4 is 33.8 Å².